The van der Waals surface area contributed by atoms with E-state index in [1.165, 1.54) is 0 Å². The predicted molar refractivity (Wildman–Crippen MR) is 77.4 cm³/mol. The molecule has 1 N–H and O–H groups in total. The number of hydrogen-bond acceptors (Lipinski definition) is 2. The summed E-state index contributed by atoms with van der Waals surface area (Å²) in [6.07, 6.45) is 7.27. The van der Waals surface area contributed by atoms with Gasteiger partial charge in [0.1, 0.15) is 0 Å². The average Bonchev–Trinajstić information content (AvgIpc) is 2.79. The molecule has 0 radical (unpaired) electrons. The van der Waals surface area contributed by atoms with Crippen molar-refractivity contribution in [2.75, 3.05) is 5.88 Å². The number of para-hydroxylation sites is 1. The van der Waals surface area contributed by atoms with E-state index >= 15 is 0 Å². The molecule has 0 saturated carbocycles. The Morgan fingerprint density at radius 1 is 1.30 bits per heavy atom. The van der Waals surface area contributed by atoms with Gasteiger partial charge in [0.15, 0.2) is 5.78 Å². The zero-order chi connectivity index (χ0) is 14.1. The van der Waals surface area contributed by atoms with Crippen LogP contribution in [-0.2, 0) is 4.79 Å². The molecule has 20 heavy (non-hydrogen) atoms. The fourth-order valence-electron chi connectivity index (χ4n) is 2.62. The molecule has 0 bridgehead atoms. The topological polar surface area (TPSA) is 43.5 Å². The third kappa shape index (κ3) is 1.93. The number of fused-ring (bicyclic) bond motifs is 1. The number of rotatable bonds is 3. The van der Waals surface area contributed by atoms with Crippen LogP contribution in [0.5, 0.6) is 0 Å². The zero-order valence-corrected chi connectivity index (χ0v) is 11.4. The Bertz CT molecular complexity index is 622. The van der Waals surface area contributed by atoms with Gasteiger partial charge in [-0.2, -0.15) is 0 Å². The van der Waals surface area contributed by atoms with Crippen molar-refractivity contribution in [1.29, 1.82) is 0 Å². The number of aliphatic hydroxyl groups excluding tert-OH is 1. The minimum Gasteiger partial charge on any atom is -0.461 e. The molecular weight excluding hydrogens is 276 g/mol. The summed E-state index contributed by atoms with van der Waals surface area (Å²) < 4.78 is 1.75. The van der Waals surface area contributed by atoms with Gasteiger partial charge in [-0.15, -0.1) is 16.2 Å². The molecule has 0 aliphatic carbocycles. The Morgan fingerprint density at radius 2 is 2.05 bits per heavy atom. The van der Waals surface area contributed by atoms with Crippen molar-refractivity contribution < 1.29 is 14.5 Å². The number of hydrogen-bond donors (Lipinski definition) is 1. The van der Waals surface area contributed by atoms with Gasteiger partial charge in [-0.05, 0) is 6.08 Å². The van der Waals surface area contributed by atoms with Gasteiger partial charge in [-0.25, -0.2) is 0 Å². The standard InChI is InChI=1S/C15H13ClN2O2/c16-10-12(19)14-15(20)18(11-6-2-1-3-7-11)13-8-4-5-9-17(13)14/h1-9,13-14H,10H2/p+1. The van der Waals surface area contributed by atoms with Crippen LogP contribution in [0.2, 0.25) is 0 Å². The van der Waals surface area contributed by atoms with Crippen LogP contribution in [0.1, 0.15) is 0 Å². The first-order valence-electron chi connectivity index (χ1n) is 6.35. The number of carbonyl (C=O) groups excluding carboxylic acids is 1. The molecule has 4 nitrogen and oxygen atoms in total. The van der Waals surface area contributed by atoms with Gasteiger partial charge in [-0.1, -0.05) is 24.3 Å². The Kier molecular flexibility index (Phi) is 3.32. The molecule has 0 fully saturated rings. The van der Waals surface area contributed by atoms with E-state index in [9.17, 15) is 9.90 Å². The third-order valence-corrected chi connectivity index (χ3v) is 3.75. The number of carbonyl (C=O) groups is 1. The molecule has 0 spiro atoms. The summed E-state index contributed by atoms with van der Waals surface area (Å²) in [5.74, 6) is -0.325. The fraction of sp³-hybridized carbons (Fsp3) is 0.200. The van der Waals surface area contributed by atoms with E-state index < -0.39 is 6.04 Å². The number of alkyl halides is 1. The number of nitrogens with zero attached hydrogens (tertiary/aromatic N) is 2. The lowest BCUT2D eigenvalue weighted by molar-refractivity contribution is -0.488. The molecule has 102 valence electrons. The van der Waals surface area contributed by atoms with Crippen LogP contribution in [0, 0.1) is 0 Å². The van der Waals surface area contributed by atoms with Gasteiger partial charge in [-0.3, -0.25) is 9.69 Å². The molecule has 0 saturated heterocycles. The Balaban J connectivity index is 2.11. The molecule has 2 aliphatic rings. The SMILES string of the molecule is O=C(CCl)C1C(O)=[N+](c2ccccc2)C2C=CC=CN12. The highest BCUT2D eigenvalue weighted by Gasteiger charge is 2.50. The Labute approximate surface area is 121 Å². The molecular formula is C15H14ClN2O2+. The van der Waals surface area contributed by atoms with E-state index in [-0.39, 0.29) is 23.7 Å². The van der Waals surface area contributed by atoms with Crippen molar-refractivity contribution in [3.63, 3.8) is 0 Å². The molecule has 2 heterocycles. The van der Waals surface area contributed by atoms with Crippen LogP contribution < -0.4 is 0 Å². The maximum atomic E-state index is 12.0. The van der Waals surface area contributed by atoms with E-state index in [0.717, 1.165) is 5.69 Å². The third-order valence-electron chi connectivity index (χ3n) is 3.48. The summed E-state index contributed by atoms with van der Waals surface area (Å²) in [5.41, 5.74) is 0.838. The molecule has 1 aromatic carbocycles. The van der Waals surface area contributed by atoms with Gasteiger partial charge in [0.05, 0.1) is 5.88 Å². The van der Waals surface area contributed by atoms with Gasteiger partial charge in [0.2, 0.25) is 11.7 Å². The van der Waals surface area contributed by atoms with Crippen LogP contribution in [0.15, 0.2) is 54.8 Å². The molecule has 0 amide bonds. The summed E-state index contributed by atoms with van der Waals surface area (Å²) in [7, 11) is 0. The molecule has 0 aromatic heterocycles. The molecule has 2 atom stereocenters. The van der Waals surface area contributed by atoms with Crippen molar-refractivity contribution in [3.05, 3.63) is 54.8 Å². The number of Topliss-reactive ketones (excluding diaryl/α,β-unsaturated/α-hetero) is 1. The molecule has 1 aromatic rings. The smallest absolute Gasteiger partial charge is 0.373 e. The van der Waals surface area contributed by atoms with Crippen LogP contribution in [0.4, 0.5) is 5.69 Å². The van der Waals surface area contributed by atoms with Crippen molar-refractivity contribution >= 4 is 29.0 Å². The maximum absolute atomic E-state index is 12.0. The first-order valence-corrected chi connectivity index (χ1v) is 6.88. The lowest BCUT2D eigenvalue weighted by atomic mass is 10.1. The van der Waals surface area contributed by atoms with Crippen molar-refractivity contribution in [3.8, 4) is 0 Å². The predicted octanol–water partition coefficient (Wildman–Crippen LogP) is 2.19. The molecule has 2 aliphatic heterocycles. The van der Waals surface area contributed by atoms with Gasteiger partial charge < -0.3 is 5.11 Å². The highest BCUT2D eigenvalue weighted by Crippen LogP contribution is 2.28. The Morgan fingerprint density at radius 3 is 2.75 bits per heavy atom. The van der Waals surface area contributed by atoms with E-state index in [1.54, 1.807) is 10.8 Å². The first kappa shape index (κ1) is 12.9. The van der Waals surface area contributed by atoms with Crippen LogP contribution in [0.25, 0.3) is 0 Å². The van der Waals surface area contributed by atoms with Crippen molar-refractivity contribution in [2.24, 2.45) is 0 Å². The molecule has 2 unspecified atom stereocenters. The average molecular weight is 290 g/mol. The van der Waals surface area contributed by atoms with Gasteiger partial charge in [0.25, 0.3) is 6.17 Å². The second-order valence-corrected chi connectivity index (χ2v) is 4.92. The minimum atomic E-state index is -0.723. The molecule has 3 rings (SSSR count). The highest BCUT2D eigenvalue weighted by molar-refractivity contribution is 6.30. The Hall–Kier alpha value is -2.07. The number of ketones is 1. The normalized spacial score (nSPS) is 24.1. The van der Waals surface area contributed by atoms with Gasteiger partial charge >= 0.3 is 5.90 Å². The van der Waals surface area contributed by atoms with E-state index in [1.807, 2.05) is 53.5 Å². The first-order chi connectivity index (χ1) is 9.74. The lowest BCUT2D eigenvalue weighted by Crippen LogP contribution is -2.43. The number of allylic oxidation sites excluding steroid dienone is 2. The fourth-order valence-corrected chi connectivity index (χ4v) is 2.76. The summed E-state index contributed by atoms with van der Waals surface area (Å²) in [6, 6.07) is 8.77. The van der Waals surface area contributed by atoms with Crippen LogP contribution >= 0.6 is 11.6 Å². The second kappa shape index (κ2) is 5.13. The largest absolute Gasteiger partial charge is 0.461 e. The summed E-state index contributed by atoms with van der Waals surface area (Å²) in [5, 5.41) is 10.5. The zero-order valence-electron chi connectivity index (χ0n) is 10.7. The number of benzene rings is 1. The minimum absolute atomic E-state index is 0.0167. The monoisotopic (exact) mass is 289 g/mol. The van der Waals surface area contributed by atoms with E-state index in [4.69, 9.17) is 11.6 Å². The van der Waals surface area contributed by atoms with Gasteiger partial charge in [0, 0.05) is 24.4 Å². The number of halogens is 1. The van der Waals surface area contributed by atoms with E-state index in [2.05, 4.69) is 0 Å². The maximum Gasteiger partial charge on any atom is 0.373 e. The van der Waals surface area contributed by atoms with E-state index in [0.29, 0.717) is 0 Å². The second-order valence-electron chi connectivity index (χ2n) is 4.65. The molecule has 5 heteroatoms. The summed E-state index contributed by atoms with van der Waals surface area (Å²) in [6.45, 7) is 0. The van der Waals surface area contributed by atoms with Crippen molar-refractivity contribution in [1.82, 2.24) is 4.90 Å². The van der Waals surface area contributed by atoms with Crippen LogP contribution in [-0.4, -0.2) is 44.4 Å². The quantitative estimate of drug-likeness (QED) is 0.685. The lowest BCUT2D eigenvalue weighted by Gasteiger charge is -2.22. The summed E-state index contributed by atoms with van der Waals surface area (Å²) in [4.78, 5) is 13.8. The highest BCUT2D eigenvalue weighted by atomic mass is 35.5. The van der Waals surface area contributed by atoms with Crippen LogP contribution in [0.3, 0.4) is 0 Å². The number of aliphatic hydroxyl groups is 1. The summed E-state index contributed by atoms with van der Waals surface area (Å²) >= 11 is 5.66. The van der Waals surface area contributed by atoms with Crippen molar-refractivity contribution in [2.45, 2.75) is 12.2 Å².